The van der Waals surface area contributed by atoms with Gasteiger partial charge in [0.1, 0.15) is 5.75 Å². The zero-order chi connectivity index (χ0) is 14.0. The van der Waals surface area contributed by atoms with Gasteiger partial charge in [-0.2, -0.15) is 13.2 Å². The molecule has 0 saturated carbocycles. The summed E-state index contributed by atoms with van der Waals surface area (Å²) in [4.78, 5) is 0. The third kappa shape index (κ3) is 3.19. The van der Waals surface area contributed by atoms with Crippen LogP contribution in [-0.4, -0.2) is 24.9 Å². The maximum Gasteiger partial charge on any atom is 0.416 e. The van der Waals surface area contributed by atoms with Crippen LogP contribution >= 0.6 is 0 Å². The van der Waals surface area contributed by atoms with Crippen LogP contribution in [0, 0.1) is 0 Å². The van der Waals surface area contributed by atoms with Crippen LogP contribution in [0.4, 0.5) is 13.2 Å². The van der Waals surface area contributed by atoms with Crippen molar-refractivity contribution in [2.45, 2.75) is 31.2 Å². The summed E-state index contributed by atoms with van der Waals surface area (Å²) in [7, 11) is 1.32. The lowest BCUT2D eigenvalue weighted by atomic mass is 9.95. The normalized spacial score (nSPS) is 24.3. The summed E-state index contributed by atoms with van der Waals surface area (Å²) in [5.41, 5.74) is -0.724. The van der Waals surface area contributed by atoms with Gasteiger partial charge in [-0.1, -0.05) is 6.07 Å². The fourth-order valence-corrected chi connectivity index (χ4v) is 2.18. The molecule has 106 valence electrons. The van der Waals surface area contributed by atoms with Crippen molar-refractivity contribution in [2.75, 3.05) is 13.7 Å². The fourth-order valence-electron chi connectivity index (χ4n) is 2.18. The third-order valence-electron chi connectivity index (χ3n) is 3.17. The van der Waals surface area contributed by atoms with Gasteiger partial charge in [0.2, 0.25) is 0 Å². The monoisotopic (exact) mass is 276 g/mol. The summed E-state index contributed by atoms with van der Waals surface area (Å²) in [6, 6.07) is 3.78. The molecule has 0 aromatic heterocycles. The van der Waals surface area contributed by atoms with E-state index in [4.69, 9.17) is 9.47 Å². The van der Waals surface area contributed by atoms with Gasteiger partial charge in [-0.15, -0.1) is 0 Å². The number of aliphatic hydroxyl groups is 1. The van der Waals surface area contributed by atoms with Gasteiger partial charge in [-0.3, -0.25) is 0 Å². The van der Waals surface area contributed by atoms with E-state index >= 15 is 0 Å². The second-order valence-electron chi connectivity index (χ2n) is 4.49. The smallest absolute Gasteiger partial charge is 0.416 e. The molecule has 1 aromatic carbocycles. The zero-order valence-electron chi connectivity index (χ0n) is 10.4. The quantitative estimate of drug-likeness (QED) is 0.902. The molecular weight excluding hydrogens is 261 g/mol. The Bertz CT molecular complexity index is 445. The first kappa shape index (κ1) is 14.1. The minimum atomic E-state index is -4.48. The van der Waals surface area contributed by atoms with Crippen molar-refractivity contribution >= 4 is 0 Å². The molecule has 0 spiro atoms. The number of rotatable bonds is 2. The minimum absolute atomic E-state index is 0.0482. The number of ether oxygens (including phenoxy) is 2. The summed E-state index contributed by atoms with van der Waals surface area (Å²) in [6.07, 6.45) is -5.20. The Labute approximate surface area is 108 Å². The van der Waals surface area contributed by atoms with Crippen LogP contribution in [0.2, 0.25) is 0 Å². The molecule has 2 rings (SSSR count). The van der Waals surface area contributed by atoms with E-state index in [-0.39, 0.29) is 24.3 Å². The van der Waals surface area contributed by atoms with E-state index in [9.17, 15) is 18.3 Å². The predicted octanol–water partition coefficient (Wildman–Crippen LogP) is 2.93. The van der Waals surface area contributed by atoms with E-state index in [1.54, 1.807) is 0 Å². The molecule has 1 aromatic rings. The van der Waals surface area contributed by atoms with Gasteiger partial charge in [0, 0.05) is 13.0 Å². The number of hydrogen-bond donors (Lipinski definition) is 1. The van der Waals surface area contributed by atoms with Gasteiger partial charge in [0.05, 0.1) is 24.9 Å². The Morgan fingerprint density at radius 1 is 1.37 bits per heavy atom. The molecule has 0 bridgehead atoms. The highest BCUT2D eigenvalue weighted by atomic mass is 19.4. The highest BCUT2D eigenvalue weighted by Gasteiger charge is 2.37. The van der Waals surface area contributed by atoms with Gasteiger partial charge < -0.3 is 14.6 Å². The second kappa shape index (κ2) is 5.38. The number of benzene rings is 1. The summed E-state index contributed by atoms with van der Waals surface area (Å²) in [5, 5.41) is 9.55. The van der Waals surface area contributed by atoms with Crippen LogP contribution in [0.5, 0.6) is 5.75 Å². The highest BCUT2D eigenvalue weighted by Crippen LogP contribution is 2.40. The van der Waals surface area contributed by atoms with E-state index in [0.717, 1.165) is 6.07 Å². The molecular formula is C13H15F3O3. The number of aliphatic hydroxyl groups excluding tert-OH is 1. The van der Waals surface area contributed by atoms with Crippen LogP contribution in [-0.2, 0) is 10.9 Å². The molecule has 1 saturated heterocycles. The number of methoxy groups -OCH3 is 1. The number of hydrogen-bond acceptors (Lipinski definition) is 3. The first-order chi connectivity index (χ1) is 8.91. The summed E-state index contributed by atoms with van der Waals surface area (Å²) in [6.45, 7) is 0.259. The lowest BCUT2D eigenvalue weighted by Gasteiger charge is -2.28. The first-order valence-electron chi connectivity index (χ1n) is 5.96. The van der Waals surface area contributed by atoms with Crippen molar-refractivity contribution in [2.24, 2.45) is 0 Å². The predicted molar refractivity (Wildman–Crippen MR) is 61.9 cm³/mol. The van der Waals surface area contributed by atoms with Gasteiger partial charge in [0.15, 0.2) is 0 Å². The molecule has 3 nitrogen and oxygen atoms in total. The SMILES string of the molecule is COc1ccc(C2CC(O)CCO2)c(C(F)(F)F)c1. The molecule has 1 heterocycles. The summed E-state index contributed by atoms with van der Waals surface area (Å²) < 4.78 is 49.3. The van der Waals surface area contributed by atoms with Gasteiger partial charge in [-0.05, 0) is 24.1 Å². The van der Waals surface area contributed by atoms with E-state index < -0.39 is 23.9 Å². The van der Waals surface area contributed by atoms with Crippen molar-refractivity contribution < 1.29 is 27.8 Å². The van der Waals surface area contributed by atoms with Gasteiger partial charge >= 0.3 is 6.18 Å². The Hall–Kier alpha value is -1.27. The molecule has 1 aliphatic rings. The third-order valence-corrected chi connectivity index (χ3v) is 3.17. The van der Waals surface area contributed by atoms with Crippen molar-refractivity contribution in [3.05, 3.63) is 29.3 Å². The molecule has 0 aliphatic carbocycles. The standard InChI is InChI=1S/C13H15F3O3/c1-18-9-2-3-10(11(7-9)13(14,15)16)12-6-8(17)4-5-19-12/h2-3,7-8,12,17H,4-6H2,1H3. The molecule has 6 heteroatoms. The van der Waals surface area contributed by atoms with Gasteiger partial charge in [0.25, 0.3) is 0 Å². The Kier molecular flexibility index (Phi) is 4.01. The lowest BCUT2D eigenvalue weighted by Crippen LogP contribution is -2.25. The lowest BCUT2D eigenvalue weighted by molar-refractivity contribution is -0.140. The fraction of sp³-hybridized carbons (Fsp3) is 0.538. The first-order valence-corrected chi connectivity index (χ1v) is 5.96. The van der Waals surface area contributed by atoms with Crippen LogP contribution < -0.4 is 4.74 Å². The van der Waals surface area contributed by atoms with E-state index in [0.29, 0.717) is 6.42 Å². The van der Waals surface area contributed by atoms with Crippen LogP contribution in [0.15, 0.2) is 18.2 Å². The average molecular weight is 276 g/mol. The number of alkyl halides is 3. The molecule has 0 amide bonds. The van der Waals surface area contributed by atoms with Crippen molar-refractivity contribution in [3.8, 4) is 5.75 Å². The summed E-state index contributed by atoms with van der Waals surface area (Å²) >= 11 is 0. The van der Waals surface area contributed by atoms with Crippen molar-refractivity contribution in [3.63, 3.8) is 0 Å². The zero-order valence-corrected chi connectivity index (χ0v) is 10.4. The largest absolute Gasteiger partial charge is 0.497 e. The molecule has 0 radical (unpaired) electrons. The molecule has 1 fully saturated rings. The topological polar surface area (TPSA) is 38.7 Å². The van der Waals surface area contributed by atoms with E-state index in [1.165, 1.54) is 19.2 Å². The van der Waals surface area contributed by atoms with Crippen molar-refractivity contribution in [1.82, 2.24) is 0 Å². The van der Waals surface area contributed by atoms with Crippen molar-refractivity contribution in [1.29, 1.82) is 0 Å². The minimum Gasteiger partial charge on any atom is -0.497 e. The Morgan fingerprint density at radius 3 is 2.68 bits per heavy atom. The second-order valence-corrected chi connectivity index (χ2v) is 4.49. The van der Waals surface area contributed by atoms with Crippen LogP contribution in [0.25, 0.3) is 0 Å². The van der Waals surface area contributed by atoms with E-state index in [1.807, 2.05) is 0 Å². The number of halogens is 3. The molecule has 1 N–H and O–H groups in total. The Morgan fingerprint density at radius 2 is 2.11 bits per heavy atom. The summed E-state index contributed by atoms with van der Waals surface area (Å²) in [5.74, 6) is 0.146. The maximum atomic E-state index is 13.0. The Balaban J connectivity index is 2.38. The highest BCUT2D eigenvalue weighted by molar-refractivity contribution is 5.39. The van der Waals surface area contributed by atoms with Crippen LogP contribution in [0.1, 0.15) is 30.1 Å². The van der Waals surface area contributed by atoms with E-state index in [2.05, 4.69) is 0 Å². The van der Waals surface area contributed by atoms with Gasteiger partial charge in [-0.25, -0.2) is 0 Å². The molecule has 1 aliphatic heterocycles. The van der Waals surface area contributed by atoms with Crippen LogP contribution in [0.3, 0.4) is 0 Å². The molecule has 2 atom stereocenters. The molecule has 19 heavy (non-hydrogen) atoms. The molecule has 2 unspecified atom stereocenters. The average Bonchev–Trinajstić information content (AvgIpc) is 2.37. The maximum absolute atomic E-state index is 13.0.